The Bertz CT molecular complexity index is 831. The third-order valence-electron chi connectivity index (χ3n) is 4.59. The van der Waals surface area contributed by atoms with E-state index in [-0.39, 0.29) is 23.0 Å². The highest BCUT2D eigenvalue weighted by Gasteiger charge is 2.29. The summed E-state index contributed by atoms with van der Waals surface area (Å²) in [4.78, 5) is 25.4. The lowest BCUT2D eigenvalue weighted by atomic mass is 10.1. The minimum absolute atomic E-state index is 0.0314. The molecular weight excluding hydrogens is 344 g/mol. The van der Waals surface area contributed by atoms with Crippen molar-refractivity contribution >= 4 is 35.0 Å². The SMILES string of the molecule is Cc1cccc(NC(=O)C(C)Sc2cccc(NC(=O)C3CC3)c2)c1C. The van der Waals surface area contributed by atoms with Gasteiger partial charge in [0.2, 0.25) is 11.8 Å². The van der Waals surface area contributed by atoms with Gasteiger partial charge in [-0.1, -0.05) is 18.2 Å². The van der Waals surface area contributed by atoms with Crippen molar-refractivity contribution in [2.75, 3.05) is 10.6 Å². The van der Waals surface area contributed by atoms with Crippen LogP contribution in [0.4, 0.5) is 11.4 Å². The summed E-state index contributed by atoms with van der Waals surface area (Å²) in [6.45, 7) is 5.93. The Labute approximate surface area is 158 Å². The van der Waals surface area contributed by atoms with E-state index in [9.17, 15) is 9.59 Å². The zero-order valence-corrected chi connectivity index (χ0v) is 16.2. The third kappa shape index (κ3) is 4.67. The maximum Gasteiger partial charge on any atom is 0.237 e. The lowest BCUT2D eigenvalue weighted by Crippen LogP contribution is -2.23. The number of amides is 2. The number of aryl methyl sites for hydroxylation is 1. The van der Waals surface area contributed by atoms with Gasteiger partial charge in [0, 0.05) is 22.2 Å². The Balaban J connectivity index is 1.61. The first-order valence-electron chi connectivity index (χ1n) is 8.88. The van der Waals surface area contributed by atoms with Crippen LogP contribution >= 0.6 is 11.8 Å². The highest BCUT2D eigenvalue weighted by molar-refractivity contribution is 8.00. The van der Waals surface area contributed by atoms with Gasteiger partial charge in [-0.05, 0) is 69.0 Å². The fourth-order valence-electron chi connectivity index (χ4n) is 2.62. The van der Waals surface area contributed by atoms with Crippen LogP contribution in [0.25, 0.3) is 0 Å². The van der Waals surface area contributed by atoms with Crippen LogP contribution in [0.2, 0.25) is 0 Å². The molecule has 1 saturated carbocycles. The number of rotatable bonds is 6. The fraction of sp³-hybridized carbons (Fsp3) is 0.333. The molecule has 1 fully saturated rings. The summed E-state index contributed by atoms with van der Waals surface area (Å²) < 4.78 is 0. The van der Waals surface area contributed by atoms with Crippen molar-refractivity contribution in [3.05, 3.63) is 53.6 Å². The molecule has 1 atom stereocenters. The molecule has 5 heteroatoms. The molecule has 0 saturated heterocycles. The van der Waals surface area contributed by atoms with Crippen LogP contribution in [0.3, 0.4) is 0 Å². The number of benzene rings is 2. The van der Waals surface area contributed by atoms with Gasteiger partial charge in [-0.2, -0.15) is 0 Å². The van der Waals surface area contributed by atoms with E-state index in [1.807, 2.05) is 63.2 Å². The van der Waals surface area contributed by atoms with E-state index >= 15 is 0 Å². The van der Waals surface area contributed by atoms with E-state index < -0.39 is 0 Å². The van der Waals surface area contributed by atoms with Crippen molar-refractivity contribution in [3.8, 4) is 0 Å². The minimum atomic E-state index is -0.246. The molecule has 0 aromatic heterocycles. The second-order valence-electron chi connectivity index (χ2n) is 6.79. The predicted octanol–water partition coefficient (Wildman–Crippen LogP) is 4.77. The molecule has 2 aromatic rings. The quantitative estimate of drug-likeness (QED) is 0.722. The maximum absolute atomic E-state index is 12.5. The Morgan fingerprint density at radius 3 is 2.54 bits per heavy atom. The molecule has 2 amide bonds. The Morgan fingerprint density at radius 2 is 1.81 bits per heavy atom. The molecule has 4 nitrogen and oxygen atoms in total. The van der Waals surface area contributed by atoms with Crippen molar-refractivity contribution < 1.29 is 9.59 Å². The number of hydrogen-bond acceptors (Lipinski definition) is 3. The second kappa shape index (κ2) is 7.96. The zero-order chi connectivity index (χ0) is 18.7. The van der Waals surface area contributed by atoms with Crippen LogP contribution in [-0.2, 0) is 9.59 Å². The van der Waals surface area contributed by atoms with Gasteiger partial charge in [0.05, 0.1) is 5.25 Å². The predicted molar refractivity (Wildman–Crippen MR) is 108 cm³/mol. The van der Waals surface area contributed by atoms with Gasteiger partial charge in [-0.15, -0.1) is 11.8 Å². The number of anilines is 2. The Hall–Kier alpha value is -2.27. The van der Waals surface area contributed by atoms with Gasteiger partial charge in [0.15, 0.2) is 0 Å². The standard InChI is InChI=1S/C21H24N2O2S/c1-13-6-4-9-19(14(13)2)23-20(24)15(3)26-18-8-5-7-17(12-18)22-21(25)16-10-11-16/h4-9,12,15-16H,10-11H2,1-3H3,(H,22,25)(H,23,24). The van der Waals surface area contributed by atoms with Crippen molar-refractivity contribution in [1.82, 2.24) is 0 Å². The molecule has 3 rings (SSSR count). The van der Waals surface area contributed by atoms with Gasteiger partial charge < -0.3 is 10.6 Å². The topological polar surface area (TPSA) is 58.2 Å². The molecule has 26 heavy (non-hydrogen) atoms. The lowest BCUT2D eigenvalue weighted by Gasteiger charge is -2.15. The van der Waals surface area contributed by atoms with Crippen LogP contribution in [0.1, 0.15) is 30.9 Å². The van der Waals surface area contributed by atoms with Crippen molar-refractivity contribution in [1.29, 1.82) is 0 Å². The first kappa shape index (κ1) is 18.5. The van der Waals surface area contributed by atoms with E-state index in [0.717, 1.165) is 40.2 Å². The molecule has 1 aliphatic rings. The van der Waals surface area contributed by atoms with E-state index in [4.69, 9.17) is 0 Å². The summed E-state index contributed by atoms with van der Waals surface area (Å²) in [6, 6.07) is 13.6. The van der Waals surface area contributed by atoms with Crippen LogP contribution in [0.5, 0.6) is 0 Å². The van der Waals surface area contributed by atoms with Gasteiger partial charge in [-0.3, -0.25) is 9.59 Å². The molecule has 1 aliphatic carbocycles. The van der Waals surface area contributed by atoms with Crippen molar-refractivity contribution in [3.63, 3.8) is 0 Å². The van der Waals surface area contributed by atoms with Crippen LogP contribution in [0, 0.1) is 19.8 Å². The van der Waals surface area contributed by atoms with E-state index in [0.29, 0.717) is 0 Å². The molecular formula is C21H24N2O2S. The molecule has 1 unspecified atom stereocenters. The lowest BCUT2D eigenvalue weighted by molar-refractivity contribution is -0.117. The van der Waals surface area contributed by atoms with E-state index in [2.05, 4.69) is 10.6 Å². The summed E-state index contributed by atoms with van der Waals surface area (Å²) in [5.41, 5.74) is 3.88. The number of nitrogens with one attached hydrogen (secondary N) is 2. The number of hydrogen-bond donors (Lipinski definition) is 2. The van der Waals surface area contributed by atoms with Crippen LogP contribution in [0.15, 0.2) is 47.4 Å². The fourth-order valence-corrected chi connectivity index (χ4v) is 3.54. The minimum Gasteiger partial charge on any atom is -0.326 e. The molecule has 0 spiro atoms. The molecule has 0 heterocycles. The van der Waals surface area contributed by atoms with E-state index in [1.54, 1.807) is 0 Å². The van der Waals surface area contributed by atoms with Crippen LogP contribution < -0.4 is 10.6 Å². The average molecular weight is 369 g/mol. The largest absolute Gasteiger partial charge is 0.326 e. The van der Waals surface area contributed by atoms with Gasteiger partial charge >= 0.3 is 0 Å². The smallest absolute Gasteiger partial charge is 0.237 e. The molecule has 0 bridgehead atoms. The zero-order valence-electron chi connectivity index (χ0n) is 15.3. The summed E-state index contributed by atoms with van der Waals surface area (Å²) in [5, 5.41) is 5.71. The Morgan fingerprint density at radius 1 is 1.08 bits per heavy atom. The second-order valence-corrected chi connectivity index (χ2v) is 8.20. The molecule has 2 N–H and O–H groups in total. The first-order chi connectivity index (χ1) is 12.4. The summed E-state index contributed by atoms with van der Waals surface area (Å²) in [7, 11) is 0. The first-order valence-corrected chi connectivity index (χ1v) is 9.76. The van der Waals surface area contributed by atoms with E-state index in [1.165, 1.54) is 11.8 Å². The van der Waals surface area contributed by atoms with Crippen molar-refractivity contribution in [2.24, 2.45) is 5.92 Å². The molecule has 2 aromatic carbocycles. The normalized spacial score (nSPS) is 14.6. The maximum atomic E-state index is 12.5. The average Bonchev–Trinajstić information content (AvgIpc) is 3.44. The summed E-state index contributed by atoms with van der Waals surface area (Å²) in [6.07, 6.45) is 1.96. The number of carbonyl (C=O) groups excluding carboxylic acids is 2. The number of thioether (sulfide) groups is 1. The number of carbonyl (C=O) groups is 2. The van der Waals surface area contributed by atoms with Gasteiger partial charge in [0.1, 0.15) is 0 Å². The molecule has 0 aliphatic heterocycles. The highest BCUT2D eigenvalue weighted by Crippen LogP contribution is 2.31. The molecule has 0 radical (unpaired) electrons. The third-order valence-corrected chi connectivity index (χ3v) is 5.69. The van der Waals surface area contributed by atoms with Crippen molar-refractivity contribution in [2.45, 2.75) is 43.8 Å². The molecule has 136 valence electrons. The summed E-state index contributed by atoms with van der Waals surface area (Å²) >= 11 is 1.48. The van der Waals surface area contributed by atoms with Gasteiger partial charge in [-0.25, -0.2) is 0 Å². The Kier molecular flexibility index (Phi) is 5.67. The monoisotopic (exact) mass is 368 g/mol. The van der Waals surface area contributed by atoms with Gasteiger partial charge in [0.25, 0.3) is 0 Å². The van der Waals surface area contributed by atoms with Crippen LogP contribution in [-0.4, -0.2) is 17.1 Å². The summed E-state index contributed by atoms with van der Waals surface area (Å²) in [5.74, 6) is 0.234. The highest BCUT2D eigenvalue weighted by atomic mass is 32.2.